The Balaban J connectivity index is 1.50. The molecule has 0 aliphatic carbocycles. The minimum atomic E-state index is 0.0635. The molecule has 0 fully saturated rings. The summed E-state index contributed by atoms with van der Waals surface area (Å²) in [6.07, 6.45) is 2.89. The maximum absolute atomic E-state index is 12.1. The maximum atomic E-state index is 12.1. The number of nitrogens with zero attached hydrogens (tertiary/aromatic N) is 4. The van der Waals surface area contributed by atoms with Gasteiger partial charge in [-0.3, -0.25) is 4.79 Å². The lowest BCUT2D eigenvalue weighted by Crippen LogP contribution is -2.41. The Morgan fingerprint density at radius 1 is 1.39 bits per heavy atom. The van der Waals surface area contributed by atoms with E-state index in [2.05, 4.69) is 26.2 Å². The van der Waals surface area contributed by atoms with Gasteiger partial charge in [-0.05, 0) is 37.5 Å². The highest BCUT2D eigenvalue weighted by molar-refractivity contribution is 5.76. The number of nitrogens with one attached hydrogen (secondary N) is 1. The number of nitriles is 1. The number of aryl methyl sites for hydroxylation is 3. The molecule has 1 amide bonds. The van der Waals surface area contributed by atoms with Gasteiger partial charge in [-0.2, -0.15) is 5.26 Å². The normalized spacial score (nSPS) is 16.4. The van der Waals surface area contributed by atoms with Crippen molar-refractivity contribution in [2.45, 2.75) is 45.2 Å². The van der Waals surface area contributed by atoms with Crippen molar-refractivity contribution >= 4 is 5.91 Å². The Hall–Kier alpha value is -2.68. The van der Waals surface area contributed by atoms with E-state index in [4.69, 9.17) is 5.26 Å². The van der Waals surface area contributed by atoms with Crippen LogP contribution in [-0.4, -0.2) is 26.7 Å². The van der Waals surface area contributed by atoms with Crippen molar-refractivity contribution in [1.29, 1.82) is 5.26 Å². The lowest BCUT2D eigenvalue weighted by Gasteiger charge is -2.24. The van der Waals surface area contributed by atoms with E-state index in [9.17, 15) is 4.79 Å². The predicted octanol–water partition coefficient (Wildman–Crippen LogP) is 1.52. The third kappa shape index (κ3) is 3.57. The van der Waals surface area contributed by atoms with Crippen LogP contribution in [0.3, 0.4) is 0 Å². The van der Waals surface area contributed by atoms with Crippen LogP contribution in [0.5, 0.6) is 0 Å². The van der Waals surface area contributed by atoms with Crippen LogP contribution in [0, 0.1) is 18.3 Å². The van der Waals surface area contributed by atoms with Gasteiger partial charge < -0.3 is 9.88 Å². The van der Waals surface area contributed by atoms with Gasteiger partial charge in [-0.1, -0.05) is 12.1 Å². The zero-order chi connectivity index (χ0) is 16.2. The summed E-state index contributed by atoms with van der Waals surface area (Å²) in [5.74, 6) is 1.97. The van der Waals surface area contributed by atoms with Crippen molar-refractivity contribution in [2.24, 2.45) is 0 Å². The first kappa shape index (κ1) is 15.2. The van der Waals surface area contributed by atoms with Gasteiger partial charge in [0.25, 0.3) is 0 Å². The Bertz CT molecular complexity index is 741. The van der Waals surface area contributed by atoms with Crippen LogP contribution in [-0.2, 0) is 24.2 Å². The summed E-state index contributed by atoms with van der Waals surface area (Å²) in [6, 6.07) is 9.60. The minimum Gasteiger partial charge on any atom is -0.352 e. The van der Waals surface area contributed by atoms with Gasteiger partial charge in [-0.25, -0.2) is 0 Å². The Kier molecular flexibility index (Phi) is 4.38. The van der Waals surface area contributed by atoms with Crippen molar-refractivity contribution in [3.63, 3.8) is 0 Å². The fraction of sp³-hybridized carbons (Fsp3) is 0.412. The van der Waals surface area contributed by atoms with E-state index >= 15 is 0 Å². The van der Waals surface area contributed by atoms with E-state index in [-0.39, 0.29) is 11.9 Å². The molecule has 0 saturated carbocycles. The zero-order valence-electron chi connectivity index (χ0n) is 13.1. The predicted molar refractivity (Wildman–Crippen MR) is 84.5 cm³/mol. The minimum absolute atomic E-state index is 0.0635. The molecule has 0 bridgehead atoms. The average Bonchev–Trinajstić information content (AvgIpc) is 2.94. The first-order valence-corrected chi connectivity index (χ1v) is 7.83. The van der Waals surface area contributed by atoms with Crippen molar-refractivity contribution in [3.05, 3.63) is 47.0 Å². The van der Waals surface area contributed by atoms with Crippen molar-refractivity contribution in [2.75, 3.05) is 0 Å². The number of hydrogen-bond donors (Lipinski definition) is 1. The van der Waals surface area contributed by atoms with Crippen LogP contribution in [0.1, 0.15) is 35.6 Å². The SMILES string of the molecule is Cc1nnc2n1C[C@H](NC(=O)CCc1ccc(C#N)cc1)CC2. The lowest BCUT2D eigenvalue weighted by atomic mass is 10.1. The topological polar surface area (TPSA) is 83.6 Å². The second-order valence-electron chi connectivity index (χ2n) is 5.89. The zero-order valence-corrected chi connectivity index (χ0v) is 13.1. The molecule has 6 heteroatoms. The fourth-order valence-electron chi connectivity index (χ4n) is 2.88. The molecule has 0 radical (unpaired) electrons. The summed E-state index contributed by atoms with van der Waals surface area (Å²) >= 11 is 0. The first-order valence-electron chi connectivity index (χ1n) is 7.83. The summed E-state index contributed by atoms with van der Waals surface area (Å²) in [7, 11) is 0. The summed E-state index contributed by atoms with van der Waals surface area (Å²) in [4.78, 5) is 12.1. The standard InChI is InChI=1S/C17H19N5O/c1-12-20-21-16-8-7-15(11-22(12)16)19-17(23)9-6-13-2-4-14(10-18)5-3-13/h2-5,15H,6-9,11H2,1H3,(H,19,23)/t15-/m1/s1. The highest BCUT2D eigenvalue weighted by Crippen LogP contribution is 2.15. The molecule has 1 aliphatic heterocycles. The molecule has 118 valence electrons. The molecule has 1 aromatic carbocycles. The molecule has 0 unspecified atom stereocenters. The summed E-state index contributed by atoms with van der Waals surface area (Å²) in [6.45, 7) is 2.68. The lowest BCUT2D eigenvalue weighted by molar-refractivity contribution is -0.122. The van der Waals surface area contributed by atoms with E-state index in [0.717, 1.165) is 36.6 Å². The number of benzene rings is 1. The Labute approximate surface area is 135 Å². The number of carbonyl (C=O) groups excluding carboxylic acids is 1. The van der Waals surface area contributed by atoms with Crippen LogP contribution in [0.4, 0.5) is 0 Å². The summed E-state index contributed by atoms with van der Waals surface area (Å²) in [5.41, 5.74) is 1.71. The summed E-state index contributed by atoms with van der Waals surface area (Å²) < 4.78 is 2.08. The van der Waals surface area contributed by atoms with Gasteiger partial charge >= 0.3 is 0 Å². The average molecular weight is 309 g/mol. The number of fused-ring (bicyclic) bond motifs is 1. The van der Waals surface area contributed by atoms with Crippen LogP contribution < -0.4 is 5.32 Å². The van der Waals surface area contributed by atoms with E-state index in [0.29, 0.717) is 18.4 Å². The van der Waals surface area contributed by atoms with Crippen LogP contribution in [0.15, 0.2) is 24.3 Å². The first-order chi connectivity index (χ1) is 11.2. The highest BCUT2D eigenvalue weighted by Gasteiger charge is 2.22. The molecule has 1 N–H and O–H groups in total. The highest BCUT2D eigenvalue weighted by atomic mass is 16.1. The molecule has 0 saturated heterocycles. The smallest absolute Gasteiger partial charge is 0.220 e. The van der Waals surface area contributed by atoms with E-state index < -0.39 is 0 Å². The van der Waals surface area contributed by atoms with Crippen molar-refractivity contribution in [1.82, 2.24) is 20.1 Å². The third-order valence-electron chi connectivity index (χ3n) is 4.22. The monoisotopic (exact) mass is 309 g/mol. The number of rotatable bonds is 4. The van der Waals surface area contributed by atoms with Crippen molar-refractivity contribution in [3.8, 4) is 6.07 Å². The van der Waals surface area contributed by atoms with Gasteiger partial charge in [0.05, 0.1) is 11.6 Å². The molecule has 0 spiro atoms. The molecule has 3 rings (SSSR count). The molecule has 2 heterocycles. The van der Waals surface area contributed by atoms with Gasteiger partial charge in [0.1, 0.15) is 11.6 Å². The number of aromatic nitrogens is 3. The van der Waals surface area contributed by atoms with Gasteiger partial charge in [0.2, 0.25) is 5.91 Å². The second kappa shape index (κ2) is 6.61. The maximum Gasteiger partial charge on any atom is 0.220 e. The molecule has 1 aromatic heterocycles. The molecular formula is C17H19N5O. The fourth-order valence-corrected chi connectivity index (χ4v) is 2.88. The Morgan fingerprint density at radius 2 is 2.17 bits per heavy atom. The van der Waals surface area contributed by atoms with Crippen LogP contribution in [0.2, 0.25) is 0 Å². The molecule has 1 aliphatic rings. The van der Waals surface area contributed by atoms with Crippen molar-refractivity contribution < 1.29 is 4.79 Å². The quantitative estimate of drug-likeness (QED) is 0.928. The molecular weight excluding hydrogens is 290 g/mol. The molecule has 2 aromatic rings. The number of hydrogen-bond acceptors (Lipinski definition) is 4. The van der Waals surface area contributed by atoms with Gasteiger partial charge in [-0.15, -0.1) is 10.2 Å². The second-order valence-corrected chi connectivity index (χ2v) is 5.89. The Morgan fingerprint density at radius 3 is 2.91 bits per heavy atom. The third-order valence-corrected chi connectivity index (χ3v) is 4.22. The molecule has 6 nitrogen and oxygen atoms in total. The van der Waals surface area contributed by atoms with Gasteiger partial charge in [0.15, 0.2) is 0 Å². The van der Waals surface area contributed by atoms with E-state index in [1.54, 1.807) is 12.1 Å². The van der Waals surface area contributed by atoms with Crippen LogP contribution >= 0.6 is 0 Å². The summed E-state index contributed by atoms with van der Waals surface area (Å²) in [5, 5.41) is 20.1. The van der Waals surface area contributed by atoms with E-state index in [1.165, 1.54) is 0 Å². The molecule has 1 atom stereocenters. The van der Waals surface area contributed by atoms with E-state index in [1.807, 2.05) is 19.1 Å². The molecule has 23 heavy (non-hydrogen) atoms. The van der Waals surface area contributed by atoms with Gasteiger partial charge in [0, 0.05) is 25.4 Å². The number of amides is 1. The number of carbonyl (C=O) groups is 1. The van der Waals surface area contributed by atoms with Crippen LogP contribution in [0.25, 0.3) is 0 Å². The largest absolute Gasteiger partial charge is 0.352 e.